The van der Waals surface area contributed by atoms with E-state index < -0.39 is 0 Å². The largest absolute Gasteiger partial charge is 0.265 e. The first-order valence-electron chi connectivity index (χ1n) is 4.23. The fourth-order valence-electron chi connectivity index (χ4n) is 0.625. The average molecular weight is 383 g/mol. The van der Waals surface area contributed by atoms with Gasteiger partial charge in [-0.15, -0.1) is 0 Å². The van der Waals surface area contributed by atoms with Crippen LogP contribution in [0.5, 0.6) is 0 Å². The molecule has 5 heteroatoms. The Morgan fingerprint density at radius 1 is 0.600 bits per heavy atom. The normalized spacial score (nSPS) is 7.07. The first-order valence-corrected chi connectivity index (χ1v) is 18.1. The summed E-state index contributed by atoms with van der Waals surface area (Å²) in [5.41, 5.74) is 0. The van der Waals surface area contributed by atoms with Crippen molar-refractivity contribution in [2.24, 2.45) is 0 Å². The van der Waals surface area contributed by atoms with Crippen molar-refractivity contribution in [2.75, 3.05) is 0 Å². The Morgan fingerprint density at radius 2 is 0.867 bits per heavy atom. The quantitative estimate of drug-likeness (QED) is 0.646. The molecule has 0 aromatic carbocycles. The maximum atomic E-state index is 3.78. The molecule has 0 atom stereocenters. The third kappa shape index (κ3) is 13.9. The summed E-state index contributed by atoms with van der Waals surface area (Å²) in [4.78, 5) is 7.57. The molecule has 2 aromatic rings. The second kappa shape index (κ2) is 13.9. The first-order chi connectivity index (χ1) is 7.41. The van der Waals surface area contributed by atoms with Gasteiger partial charge in [-0.05, 0) is 24.3 Å². The minimum absolute atomic E-state index is 0.250. The van der Waals surface area contributed by atoms with E-state index in [9.17, 15) is 0 Å². The molecule has 0 aliphatic heterocycles. The van der Waals surface area contributed by atoms with E-state index in [1.54, 1.807) is 24.8 Å². The van der Waals surface area contributed by atoms with Gasteiger partial charge in [-0.2, -0.15) is 0 Å². The van der Waals surface area contributed by atoms with Gasteiger partial charge >= 0.3 is 40.5 Å². The zero-order valence-corrected chi connectivity index (χ0v) is 14.3. The number of rotatable bonds is 0. The van der Waals surface area contributed by atoms with Crippen LogP contribution in [-0.4, -0.2) is 9.97 Å². The molecule has 0 radical (unpaired) electrons. The van der Waals surface area contributed by atoms with Crippen LogP contribution in [0, 0.1) is 0 Å². The smallest absolute Gasteiger partial charge is 0.0267 e. The van der Waals surface area contributed by atoms with Crippen LogP contribution in [0.1, 0.15) is 0 Å². The zero-order valence-electron chi connectivity index (χ0n) is 8.13. The Labute approximate surface area is 111 Å². The van der Waals surface area contributed by atoms with Crippen molar-refractivity contribution < 1.29 is 13.2 Å². The standard InChI is InChI=1S/2C5H5N.2BrH.Zn/c2*1-2-4-6-5-3-1;;;/h2*1-5H;2*1H;/q;;;;+2/p-2. The maximum Gasteiger partial charge on any atom is 0.0267 e. The van der Waals surface area contributed by atoms with Crippen LogP contribution in [-0.2, 0) is 13.2 Å². The summed E-state index contributed by atoms with van der Waals surface area (Å²) in [6, 6.07) is 11.4. The van der Waals surface area contributed by atoms with Crippen molar-refractivity contribution in [3.05, 3.63) is 61.2 Å². The van der Waals surface area contributed by atoms with E-state index in [0.29, 0.717) is 0 Å². The summed E-state index contributed by atoms with van der Waals surface area (Å²) in [5, 5.41) is 0. The van der Waals surface area contributed by atoms with E-state index in [0.717, 1.165) is 0 Å². The van der Waals surface area contributed by atoms with Gasteiger partial charge in [0.1, 0.15) is 0 Å². The van der Waals surface area contributed by atoms with Crippen LogP contribution in [0.2, 0.25) is 0 Å². The molecular formula is C10H10Br2N2Zn. The number of pyridine rings is 2. The van der Waals surface area contributed by atoms with E-state index in [2.05, 4.69) is 37.2 Å². The molecule has 0 spiro atoms. The summed E-state index contributed by atoms with van der Waals surface area (Å²) in [6.07, 6.45) is 7.00. The SMILES string of the molecule is [Br][Zn][Br].c1ccncc1.c1ccncc1. The maximum absolute atomic E-state index is 3.78. The van der Waals surface area contributed by atoms with Crippen LogP contribution in [0.25, 0.3) is 0 Å². The third-order valence-electron chi connectivity index (χ3n) is 1.13. The van der Waals surface area contributed by atoms with Gasteiger partial charge in [-0.1, -0.05) is 12.1 Å². The number of hydrogen-bond acceptors (Lipinski definition) is 2. The summed E-state index contributed by atoms with van der Waals surface area (Å²) in [6.45, 7) is 0. The van der Waals surface area contributed by atoms with E-state index in [-0.39, 0.29) is 13.2 Å². The van der Waals surface area contributed by atoms with Crippen LogP contribution in [0.15, 0.2) is 61.2 Å². The summed E-state index contributed by atoms with van der Waals surface area (Å²) >= 11 is 6.25. The van der Waals surface area contributed by atoms with Crippen LogP contribution < -0.4 is 0 Å². The Hall–Kier alpha value is -0.117. The molecule has 0 N–H and O–H groups in total. The molecular weight excluding hydrogens is 373 g/mol. The van der Waals surface area contributed by atoms with E-state index in [1.165, 1.54) is 0 Å². The van der Waals surface area contributed by atoms with Gasteiger partial charge in [-0.25, -0.2) is 0 Å². The van der Waals surface area contributed by atoms with Crippen LogP contribution >= 0.6 is 27.2 Å². The Balaban J connectivity index is 0.000000210. The Morgan fingerprint density at radius 3 is 0.933 bits per heavy atom. The molecule has 0 aliphatic rings. The van der Waals surface area contributed by atoms with Gasteiger partial charge in [0.15, 0.2) is 0 Å². The molecule has 2 aromatic heterocycles. The monoisotopic (exact) mass is 380 g/mol. The van der Waals surface area contributed by atoms with Crippen molar-refractivity contribution in [2.45, 2.75) is 0 Å². The second-order valence-corrected chi connectivity index (χ2v) is 16.2. The predicted molar refractivity (Wildman–Crippen MR) is 66.3 cm³/mol. The van der Waals surface area contributed by atoms with Gasteiger partial charge < -0.3 is 0 Å². The van der Waals surface area contributed by atoms with E-state index in [4.69, 9.17) is 0 Å². The summed E-state index contributed by atoms with van der Waals surface area (Å²) in [5.74, 6) is 0. The fourth-order valence-corrected chi connectivity index (χ4v) is 0.625. The molecule has 0 aliphatic carbocycles. The molecule has 15 heavy (non-hydrogen) atoms. The van der Waals surface area contributed by atoms with Gasteiger partial charge in [0, 0.05) is 24.8 Å². The molecule has 0 saturated heterocycles. The molecule has 76 valence electrons. The van der Waals surface area contributed by atoms with E-state index in [1.807, 2.05) is 36.4 Å². The molecule has 2 nitrogen and oxygen atoms in total. The van der Waals surface area contributed by atoms with Crippen LogP contribution in [0.3, 0.4) is 0 Å². The van der Waals surface area contributed by atoms with Gasteiger partial charge in [-0.3, -0.25) is 9.97 Å². The molecule has 2 rings (SSSR count). The molecule has 0 fully saturated rings. The number of nitrogens with zero attached hydrogens (tertiary/aromatic N) is 2. The predicted octanol–water partition coefficient (Wildman–Crippen LogP) is 3.85. The second-order valence-electron chi connectivity index (χ2n) is 2.15. The van der Waals surface area contributed by atoms with Crippen molar-refractivity contribution in [3.63, 3.8) is 0 Å². The van der Waals surface area contributed by atoms with E-state index >= 15 is 0 Å². The topological polar surface area (TPSA) is 25.8 Å². The number of aromatic nitrogens is 2. The summed E-state index contributed by atoms with van der Waals surface area (Å²) < 4.78 is 0. The van der Waals surface area contributed by atoms with Gasteiger partial charge in [0.05, 0.1) is 0 Å². The summed E-state index contributed by atoms with van der Waals surface area (Å²) in [7, 11) is 0. The van der Waals surface area contributed by atoms with Crippen molar-refractivity contribution in [1.82, 2.24) is 9.97 Å². The minimum atomic E-state index is -0.250. The number of hydrogen-bond donors (Lipinski definition) is 0. The average Bonchev–Trinajstić information content (AvgIpc) is 2.35. The third-order valence-corrected chi connectivity index (χ3v) is 1.13. The molecule has 2 heterocycles. The van der Waals surface area contributed by atoms with Crippen molar-refractivity contribution >= 4 is 27.2 Å². The molecule has 0 bridgehead atoms. The Kier molecular flexibility index (Phi) is 13.8. The Bertz CT molecular complexity index is 210. The van der Waals surface area contributed by atoms with Gasteiger partial charge in [0.25, 0.3) is 0 Å². The van der Waals surface area contributed by atoms with Gasteiger partial charge in [0.2, 0.25) is 0 Å². The molecule has 0 saturated carbocycles. The van der Waals surface area contributed by atoms with Crippen molar-refractivity contribution in [1.29, 1.82) is 0 Å². The zero-order chi connectivity index (χ0) is 11.2. The fraction of sp³-hybridized carbons (Fsp3) is 0. The molecule has 0 amide bonds. The molecule has 0 unspecified atom stereocenters. The minimum Gasteiger partial charge on any atom is -0.265 e. The van der Waals surface area contributed by atoms with Crippen molar-refractivity contribution in [3.8, 4) is 0 Å². The van der Waals surface area contributed by atoms with Crippen LogP contribution in [0.4, 0.5) is 0 Å². The number of halogens is 2. The first kappa shape index (κ1) is 14.9.